The number of benzene rings is 2. The van der Waals surface area contributed by atoms with Crippen LogP contribution in [0.2, 0.25) is 5.02 Å². The lowest BCUT2D eigenvalue weighted by atomic mass is 10.2. The highest BCUT2D eigenvalue weighted by Gasteiger charge is 2.17. The lowest BCUT2D eigenvalue weighted by Gasteiger charge is -2.04. The van der Waals surface area contributed by atoms with Gasteiger partial charge in [0.1, 0.15) is 0 Å². The molecule has 0 spiro atoms. The lowest BCUT2D eigenvalue weighted by Crippen LogP contribution is -2.14. The van der Waals surface area contributed by atoms with E-state index in [9.17, 15) is 9.59 Å². The highest BCUT2D eigenvalue weighted by Crippen LogP contribution is 2.16. The highest BCUT2D eigenvalue weighted by atomic mass is 35.5. The van der Waals surface area contributed by atoms with Crippen molar-refractivity contribution in [3.05, 3.63) is 70.5 Å². The smallest absolute Gasteiger partial charge is 0.335 e. The molecule has 2 N–H and O–H groups in total. The summed E-state index contributed by atoms with van der Waals surface area (Å²) in [5.74, 6) is -1.47. The summed E-state index contributed by atoms with van der Waals surface area (Å²) in [6, 6.07) is 12.8. The molecule has 0 saturated heterocycles. The van der Waals surface area contributed by atoms with Crippen LogP contribution >= 0.6 is 11.6 Å². The molecule has 1 heterocycles. The molecule has 126 valence electrons. The van der Waals surface area contributed by atoms with Crippen molar-refractivity contribution in [3.8, 4) is 5.69 Å². The van der Waals surface area contributed by atoms with Gasteiger partial charge in [-0.3, -0.25) is 4.79 Å². The Labute approximate surface area is 147 Å². The number of amides is 1. The number of carboxylic acid groups (broad SMARTS) is 1. The molecule has 1 amide bonds. The van der Waals surface area contributed by atoms with Crippen molar-refractivity contribution in [2.24, 2.45) is 0 Å². The van der Waals surface area contributed by atoms with E-state index >= 15 is 0 Å². The van der Waals surface area contributed by atoms with Gasteiger partial charge in [-0.05, 0) is 49.4 Å². The maximum Gasteiger partial charge on any atom is 0.335 e. The van der Waals surface area contributed by atoms with Crippen molar-refractivity contribution in [2.75, 3.05) is 5.32 Å². The predicted molar refractivity (Wildman–Crippen MR) is 92.5 cm³/mol. The summed E-state index contributed by atoms with van der Waals surface area (Å²) in [4.78, 5) is 24.6. The zero-order valence-corrected chi connectivity index (χ0v) is 13.9. The average Bonchev–Trinajstić information content (AvgIpc) is 2.97. The summed E-state index contributed by atoms with van der Waals surface area (Å²) in [6.07, 6.45) is 0. The molecule has 0 atom stereocenters. The van der Waals surface area contributed by atoms with E-state index in [1.807, 2.05) is 0 Å². The summed E-state index contributed by atoms with van der Waals surface area (Å²) in [5, 5.41) is 20.5. The second-order valence-corrected chi connectivity index (χ2v) is 5.68. The van der Waals surface area contributed by atoms with Crippen molar-refractivity contribution in [3.63, 3.8) is 0 Å². The van der Waals surface area contributed by atoms with Crippen LogP contribution in [0.4, 0.5) is 5.69 Å². The van der Waals surface area contributed by atoms with Crippen LogP contribution in [0.1, 0.15) is 26.5 Å². The lowest BCUT2D eigenvalue weighted by molar-refractivity contribution is 0.0696. The van der Waals surface area contributed by atoms with Gasteiger partial charge in [-0.2, -0.15) is 9.90 Å². The van der Waals surface area contributed by atoms with Crippen LogP contribution < -0.4 is 5.32 Å². The maximum absolute atomic E-state index is 12.4. The van der Waals surface area contributed by atoms with Gasteiger partial charge in [0.25, 0.3) is 5.91 Å². The zero-order valence-electron chi connectivity index (χ0n) is 13.1. The number of carboxylic acids is 1. The molecule has 1 aromatic heterocycles. The number of aromatic carboxylic acids is 1. The summed E-state index contributed by atoms with van der Waals surface area (Å²) in [7, 11) is 0. The summed E-state index contributed by atoms with van der Waals surface area (Å²) in [6.45, 7) is 1.68. The van der Waals surface area contributed by atoms with Gasteiger partial charge in [0, 0.05) is 10.7 Å². The van der Waals surface area contributed by atoms with Crippen LogP contribution in [0.5, 0.6) is 0 Å². The Morgan fingerprint density at radius 3 is 2.48 bits per heavy atom. The van der Waals surface area contributed by atoms with Crippen LogP contribution in [-0.4, -0.2) is 32.0 Å². The van der Waals surface area contributed by atoms with Crippen molar-refractivity contribution >= 4 is 29.2 Å². The molecule has 0 unspecified atom stereocenters. The fraction of sp³-hybridized carbons (Fsp3) is 0.0588. The summed E-state index contributed by atoms with van der Waals surface area (Å²) >= 11 is 5.96. The number of aryl methyl sites for hydroxylation is 1. The summed E-state index contributed by atoms with van der Waals surface area (Å²) in [5.41, 5.74) is 1.87. The predicted octanol–water partition coefficient (Wildman–Crippen LogP) is 3.18. The van der Waals surface area contributed by atoms with Gasteiger partial charge in [0.05, 0.1) is 16.9 Å². The Kier molecular flexibility index (Phi) is 4.49. The third-order valence-corrected chi connectivity index (χ3v) is 3.66. The first kappa shape index (κ1) is 16.7. The van der Waals surface area contributed by atoms with Gasteiger partial charge in [-0.25, -0.2) is 4.79 Å². The van der Waals surface area contributed by atoms with E-state index in [1.54, 1.807) is 31.2 Å². The maximum atomic E-state index is 12.4. The normalized spacial score (nSPS) is 10.5. The molecular formula is C17H13ClN4O3. The molecule has 0 radical (unpaired) electrons. The fourth-order valence-electron chi connectivity index (χ4n) is 2.19. The van der Waals surface area contributed by atoms with E-state index in [1.165, 1.54) is 29.1 Å². The second kappa shape index (κ2) is 6.74. The number of aromatic nitrogens is 3. The SMILES string of the molecule is Cc1nn(-c2cccc(Cl)c2)nc1C(=O)Nc1ccc(C(=O)O)cc1. The van der Waals surface area contributed by atoms with Gasteiger partial charge >= 0.3 is 5.97 Å². The number of nitrogens with one attached hydrogen (secondary N) is 1. The van der Waals surface area contributed by atoms with Crippen molar-refractivity contribution in [2.45, 2.75) is 6.92 Å². The Hall–Kier alpha value is -3.19. The van der Waals surface area contributed by atoms with Gasteiger partial charge in [-0.15, -0.1) is 5.10 Å². The molecule has 0 fully saturated rings. The van der Waals surface area contributed by atoms with E-state index in [0.717, 1.165) is 0 Å². The molecule has 3 aromatic rings. The number of halogens is 1. The first-order valence-corrected chi connectivity index (χ1v) is 7.66. The van der Waals surface area contributed by atoms with E-state index < -0.39 is 11.9 Å². The minimum absolute atomic E-state index is 0.140. The average molecular weight is 357 g/mol. The van der Waals surface area contributed by atoms with Crippen molar-refractivity contribution in [1.29, 1.82) is 0 Å². The van der Waals surface area contributed by atoms with Gasteiger partial charge in [0.15, 0.2) is 5.69 Å². The van der Waals surface area contributed by atoms with Crippen molar-refractivity contribution in [1.82, 2.24) is 15.0 Å². The number of hydrogen-bond donors (Lipinski definition) is 2. The van der Waals surface area contributed by atoms with Gasteiger partial charge in [0.2, 0.25) is 0 Å². The molecule has 0 aliphatic heterocycles. The quantitative estimate of drug-likeness (QED) is 0.748. The topological polar surface area (TPSA) is 97.1 Å². The third-order valence-electron chi connectivity index (χ3n) is 3.43. The van der Waals surface area contributed by atoms with E-state index in [4.69, 9.17) is 16.7 Å². The standard InChI is InChI=1S/C17H13ClN4O3/c1-10-15(21-22(20-10)14-4-2-3-12(18)9-14)16(23)19-13-7-5-11(6-8-13)17(24)25/h2-9H,1H3,(H,19,23)(H,24,25). The van der Waals surface area contributed by atoms with Gasteiger partial charge < -0.3 is 10.4 Å². The third kappa shape index (κ3) is 3.67. The molecule has 8 heteroatoms. The molecular weight excluding hydrogens is 344 g/mol. The molecule has 3 rings (SSSR count). The van der Waals surface area contributed by atoms with Crippen LogP contribution in [-0.2, 0) is 0 Å². The monoisotopic (exact) mass is 356 g/mol. The highest BCUT2D eigenvalue weighted by molar-refractivity contribution is 6.30. The van der Waals surface area contributed by atoms with E-state index in [2.05, 4.69) is 15.5 Å². The first-order chi connectivity index (χ1) is 11.9. The number of nitrogens with zero attached hydrogens (tertiary/aromatic N) is 3. The molecule has 0 bridgehead atoms. The minimum Gasteiger partial charge on any atom is -0.478 e. The Morgan fingerprint density at radius 2 is 1.84 bits per heavy atom. The number of anilines is 1. The molecule has 7 nitrogen and oxygen atoms in total. The first-order valence-electron chi connectivity index (χ1n) is 7.28. The second-order valence-electron chi connectivity index (χ2n) is 5.24. The van der Waals surface area contributed by atoms with Crippen LogP contribution in [0.3, 0.4) is 0 Å². The summed E-state index contributed by atoms with van der Waals surface area (Å²) < 4.78 is 0. The number of carbonyl (C=O) groups excluding carboxylic acids is 1. The minimum atomic E-state index is -1.03. The van der Waals surface area contributed by atoms with Crippen LogP contribution in [0.25, 0.3) is 5.69 Å². The molecule has 0 aliphatic carbocycles. The molecule has 2 aromatic carbocycles. The van der Waals surface area contributed by atoms with Gasteiger partial charge in [-0.1, -0.05) is 17.7 Å². The molecule has 0 aliphatic rings. The van der Waals surface area contributed by atoms with Crippen molar-refractivity contribution < 1.29 is 14.7 Å². The number of rotatable bonds is 4. The van der Waals surface area contributed by atoms with Crippen LogP contribution in [0, 0.1) is 6.92 Å². The largest absolute Gasteiger partial charge is 0.478 e. The van der Waals surface area contributed by atoms with E-state index in [-0.39, 0.29) is 11.3 Å². The molecule has 0 saturated carbocycles. The van der Waals surface area contributed by atoms with E-state index in [0.29, 0.717) is 22.1 Å². The number of carbonyl (C=O) groups is 2. The Balaban J connectivity index is 1.82. The fourth-order valence-corrected chi connectivity index (χ4v) is 2.38. The molecule has 25 heavy (non-hydrogen) atoms. The Bertz CT molecular complexity index is 951. The Morgan fingerprint density at radius 1 is 1.12 bits per heavy atom. The number of hydrogen-bond acceptors (Lipinski definition) is 4. The van der Waals surface area contributed by atoms with Crippen LogP contribution in [0.15, 0.2) is 48.5 Å². The zero-order chi connectivity index (χ0) is 18.0.